The number of benzene rings is 2. The van der Waals surface area contributed by atoms with Crippen LogP contribution in [0.3, 0.4) is 0 Å². The Kier molecular flexibility index (Phi) is 9.00. The average molecular weight is 642 g/mol. The van der Waals surface area contributed by atoms with Gasteiger partial charge in [-0.15, -0.1) is 0 Å². The molecule has 14 heteroatoms. The number of rotatable bonds is 8. The van der Waals surface area contributed by atoms with Gasteiger partial charge in [0.15, 0.2) is 5.78 Å². The molecule has 0 radical (unpaired) electrons. The highest BCUT2D eigenvalue weighted by atomic mass is 32.2. The quantitative estimate of drug-likeness (QED) is 0.320. The van der Waals surface area contributed by atoms with E-state index in [0.29, 0.717) is 53.5 Å². The molecule has 3 aliphatic heterocycles. The molecule has 45 heavy (non-hydrogen) atoms. The van der Waals surface area contributed by atoms with Crippen LogP contribution in [-0.2, 0) is 34.2 Å². The third-order valence-corrected chi connectivity index (χ3v) is 10.7. The van der Waals surface area contributed by atoms with Crippen LogP contribution in [0.2, 0.25) is 0 Å². The molecule has 3 aliphatic rings. The molecule has 3 N–H and O–H groups in total. The first kappa shape index (κ1) is 31.3. The van der Waals surface area contributed by atoms with E-state index in [1.165, 1.54) is 0 Å². The summed E-state index contributed by atoms with van der Waals surface area (Å²) in [5.74, 6) is -2.51. The predicted octanol–water partition coefficient (Wildman–Crippen LogP) is 2.55. The fourth-order valence-corrected chi connectivity index (χ4v) is 7.67. The zero-order valence-corrected chi connectivity index (χ0v) is 25.9. The number of hydrogen-bond donors (Lipinski definition) is 3. The van der Waals surface area contributed by atoms with Crippen molar-refractivity contribution >= 4 is 33.1 Å². The first-order valence-corrected chi connectivity index (χ1v) is 16.7. The van der Waals surface area contributed by atoms with E-state index in [9.17, 15) is 26.8 Å². The van der Waals surface area contributed by atoms with Gasteiger partial charge in [-0.25, -0.2) is 17.2 Å². The minimum absolute atomic E-state index is 0.0870. The summed E-state index contributed by atoms with van der Waals surface area (Å²) in [6.45, 7) is 4.97. The number of sulfonamides is 1. The molecule has 3 aromatic rings. The molecule has 11 nitrogen and oxygen atoms in total. The Labute approximate surface area is 261 Å². The van der Waals surface area contributed by atoms with Crippen LogP contribution in [0.1, 0.15) is 40.2 Å². The number of nitrogens with one attached hydrogen (secondary N) is 3. The van der Waals surface area contributed by atoms with Gasteiger partial charge >= 0.3 is 0 Å². The van der Waals surface area contributed by atoms with Crippen molar-refractivity contribution in [3.05, 3.63) is 70.5 Å². The Morgan fingerprint density at radius 2 is 1.71 bits per heavy atom. The molecule has 0 atom stereocenters. The molecule has 1 amide bonds. The van der Waals surface area contributed by atoms with Gasteiger partial charge in [0.05, 0.1) is 22.7 Å². The maximum absolute atomic E-state index is 13.8. The zero-order chi connectivity index (χ0) is 31.7. The molecule has 0 bridgehead atoms. The summed E-state index contributed by atoms with van der Waals surface area (Å²) in [6.07, 6.45) is 1.60. The summed E-state index contributed by atoms with van der Waals surface area (Å²) in [4.78, 5) is 31.1. The van der Waals surface area contributed by atoms with Crippen molar-refractivity contribution in [3.8, 4) is 0 Å². The van der Waals surface area contributed by atoms with E-state index in [0.717, 1.165) is 61.4 Å². The molecule has 240 valence electrons. The second kappa shape index (κ2) is 12.9. The molecular weight excluding hydrogens is 604 g/mol. The SMILES string of the molecule is CN1CCN(c2ccc(C(=O)Cc3n[nH]c4c3CN(S(=O)(=O)c3cc(F)cc(F)c3)CC4)c(NC(=O)C3CCNCC3)c2)CC1. The standard InChI is InChI=1S/C31H37F2N7O4S/c1-38-10-12-39(13-11-38)23-2-3-25(28(17-23)35-31(42)20-4-7-34-8-5-20)30(41)18-29-26-19-40(9-6-27(26)36-37-29)45(43,44)24-15-21(32)14-22(33)16-24/h2-3,14-17,20,34H,4-13,18-19H2,1H3,(H,35,42)(H,36,37). The van der Waals surface area contributed by atoms with E-state index >= 15 is 0 Å². The molecule has 6 rings (SSSR count). The van der Waals surface area contributed by atoms with Crippen molar-refractivity contribution in [3.63, 3.8) is 0 Å². The number of hydrogen-bond acceptors (Lipinski definition) is 8. The van der Waals surface area contributed by atoms with Gasteiger partial charge in [0.25, 0.3) is 0 Å². The number of H-pyrrole nitrogens is 1. The van der Waals surface area contributed by atoms with E-state index < -0.39 is 26.6 Å². The molecule has 2 aromatic carbocycles. The van der Waals surface area contributed by atoms with E-state index in [1.807, 2.05) is 12.1 Å². The smallest absolute Gasteiger partial charge is 0.243 e. The maximum atomic E-state index is 13.8. The number of aromatic nitrogens is 2. The maximum Gasteiger partial charge on any atom is 0.243 e. The van der Waals surface area contributed by atoms with E-state index in [4.69, 9.17) is 0 Å². The van der Waals surface area contributed by atoms with Crippen molar-refractivity contribution in [1.82, 2.24) is 24.7 Å². The number of ketones is 1. The van der Waals surface area contributed by atoms with Gasteiger partial charge < -0.3 is 20.4 Å². The highest BCUT2D eigenvalue weighted by Crippen LogP contribution is 2.30. The lowest BCUT2D eigenvalue weighted by atomic mass is 9.96. The van der Waals surface area contributed by atoms with Gasteiger partial charge in [0.1, 0.15) is 11.6 Å². The number of halogens is 2. The van der Waals surface area contributed by atoms with Crippen molar-refractivity contribution in [2.45, 2.75) is 37.1 Å². The highest BCUT2D eigenvalue weighted by molar-refractivity contribution is 7.89. The summed E-state index contributed by atoms with van der Waals surface area (Å²) in [6, 6.07) is 7.70. The van der Waals surface area contributed by atoms with Crippen LogP contribution in [-0.4, -0.2) is 92.4 Å². The topological polar surface area (TPSA) is 131 Å². The number of anilines is 2. The van der Waals surface area contributed by atoms with Crippen molar-refractivity contribution in [2.75, 3.05) is 63.1 Å². The second-order valence-electron chi connectivity index (χ2n) is 12.0. The van der Waals surface area contributed by atoms with Crippen LogP contribution in [0.15, 0.2) is 41.3 Å². The van der Waals surface area contributed by atoms with Crippen molar-refractivity contribution < 1.29 is 26.8 Å². The molecular formula is C31H37F2N7O4S. The van der Waals surface area contributed by atoms with E-state index in [-0.39, 0.29) is 37.1 Å². The molecule has 0 spiro atoms. The number of likely N-dealkylation sites (N-methyl/N-ethyl adjacent to an activating group) is 1. The monoisotopic (exact) mass is 641 g/mol. The molecule has 4 heterocycles. The normalized spacial score (nSPS) is 18.5. The van der Waals surface area contributed by atoms with Crippen LogP contribution >= 0.6 is 0 Å². The first-order chi connectivity index (χ1) is 21.6. The third kappa shape index (κ3) is 6.78. The number of carbonyl (C=O) groups excluding carboxylic acids is 2. The second-order valence-corrected chi connectivity index (χ2v) is 13.9. The lowest BCUT2D eigenvalue weighted by molar-refractivity contribution is -0.120. The molecule has 0 saturated carbocycles. The van der Waals surface area contributed by atoms with E-state index in [2.05, 4.69) is 37.7 Å². The number of Topliss-reactive ketones (excluding diaryl/α,β-unsaturated/α-hetero) is 1. The molecule has 2 saturated heterocycles. The Hall–Kier alpha value is -3.72. The van der Waals surface area contributed by atoms with Crippen molar-refractivity contribution in [2.24, 2.45) is 5.92 Å². The molecule has 0 unspecified atom stereocenters. The van der Waals surface area contributed by atoms with Gasteiger partial charge in [-0.3, -0.25) is 14.7 Å². The van der Waals surface area contributed by atoms with Crippen molar-refractivity contribution in [1.29, 1.82) is 0 Å². The minimum atomic E-state index is -4.21. The molecule has 2 fully saturated rings. The summed E-state index contributed by atoms with van der Waals surface area (Å²) < 4.78 is 55.4. The lowest BCUT2D eigenvalue weighted by Crippen LogP contribution is -2.44. The number of piperidine rings is 1. The van der Waals surface area contributed by atoms with Crippen LogP contribution < -0.4 is 15.5 Å². The minimum Gasteiger partial charge on any atom is -0.369 e. The van der Waals surface area contributed by atoms with Crippen LogP contribution in [0, 0.1) is 17.6 Å². The summed E-state index contributed by atoms with van der Waals surface area (Å²) >= 11 is 0. The van der Waals surface area contributed by atoms with Crippen LogP contribution in [0.4, 0.5) is 20.2 Å². The van der Waals surface area contributed by atoms with Gasteiger partial charge in [-0.05, 0) is 63.3 Å². The number of nitrogens with zero attached hydrogens (tertiary/aromatic N) is 4. The first-order valence-electron chi connectivity index (χ1n) is 15.2. The summed E-state index contributed by atoms with van der Waals surface area (Å²) in [5.41, 5.74) is 3.37. The number of fused-ring (bicyclic) bond motifs is 1. The number of carbonyl (C=O) groups is 2. The lowest BCUT2D eigenvalue weighted by Gasteiger charge is -2.34. The molecule has 0 aliphatic carbocycles. The Morgan fingerprint density at radius 3 is 2.42 bits per heavy atom. The Bertz CT molecular complexity index is 1680. The largest absolute Gasteiger partial charge is 0.369 e. The predicted molar refractivity (Wildman–Crippen MR) is 165 cm³/mol. The van der Waals surface area contributed by atoms with Crippen LogP contribution in [0.5, 0.6) is 0 Å². The van der Waals surface area contributed by atoms with Gasteiger partial charge in [0.2, 0.25) is 15.9 Å². The fourth-order valence-electron chi connectivity index (χ4n) is 6.21. The zero-order valence-electron chi connectivity index (χ0n) is 25.1. The number of amides is 1. The fraction of sp³-hybridized carbons (Fsp3) is 0.452. The van der Waals surface area contributed by atoms with Crippen LogP contribution in [0.25, 0.3) is 0 Å². The molecule has 1 aromatic heterocycles. The number of aromatic amines is 1. The highest BCUT2D eigenvalue weighted by Gasteiger charge is 2.33. The van der Waals surface area contributed by atoms with E-state index in [1.54, 1.807) is 6.07 Å². The van der Waals surface area contributed by atoms with Gasteiger partial charge in [0, 0.05) is 80.2 Å². The Balaban J connectivity index is 1.24. The van der Waals surface area contributed by atoms with Gasteiger partial charge in [-0.1, -0.05) is 0 Å². The third-order valence-electron chi connectivity index (χ3n) is 8.93. The summed E-state index contributed by atoms with van der Waals surface area (Å²) in [7, 11) is -2.13. The average Bonchev–Trinajstić information content (AvgIpc) is 3.43. The Morgan fingerprint density at radius 1 is 1.00 bits per heavy atom. The summed E-state index contributed by atoms with van der Waals surface area (Å²) in [5, 5.41) is 13.6. The van der Waals surface area contributed by atoms with Gasteiger partial charge in [-0.2, -0.15) is 9.40 Å². The number of piperazine rings is 1.